The number of nitrogens with one attached hydrogen (secondary N) is 1. The predicted molar refractivity (Wildman–Crippen MR) is 108 cm³/mol. The average molecular weight is 398 g/mol. The van der Waals surface area contributed by atoms with Crippen LogP contribution in [-0.4, -0.2) is 29.6 Å². The summed E-state index contributed by atoms with van der Waals surface area (Å²) in [5, 5.41) is 3.39. The van der Waals surface area contributed by atoms with E-state index < -0.39 is 11.2 Å². The van der Waals surface area contributed by atoms with E-state index in [2.05, 4.69) is 15.3 Å². The monoisotopic (exact) mass is 398 g/mol. The molecule has 0 radical (unpaired) electrons. The molecule has 0 aliphatic heterocycles. The summed E-state index contributed by atoms with van der Waals surface area (Å²) < 4.78 is 5.10. The molecule has 4 aromatic rings. The van der Waals surface area contributed by atoms with Gasteiger partial charge in [0.1, 0.15) is 0 Å². The van der Waals surface area contributed by atoms with Crippen LogP contribution in [0.1, 0.15) is 12.8 Å². The maximum atomic E-state index is 12.4. The Bertz CT molecular complexity index is 1280. The molecule has 4 rings (SSSR count). The highest BCUT2D eigenvalue weighted by molar-refractivity contribution is 7.22. The van der Waals surface area contributed by atoms with E-state index in [4.69, 9.17) is 0 Å². The second-order valence-corrected chi connectivity index (χ2v) is 7.49. The number of carbonyl (C=O) groups is 1. The van der Waals surface area contributed by atoms with Crippen molar-refractivity contribution in [2.24, 2.45) is 14.1 Å². The van der Waals surface area contributed by atoms with Gasteiger partial charge in [0.25, 0.3) is 5.56 Å². The first-order valence-corrected chi connectivity index (χ1v) is 9.53. The number of imidazole rings is 1. The largest absolute Gasteiger partial charge is 0.332 e. The van der Waals surface area contributed by atoms with Crippen molar-refractivity contribution >= 4 is 43.8 Å². The Morgan fingerprint density at radius 1 is 1.18 bits per heavy atom. The molecule has 10 heteroatoms. The van der Waals surface area contributed by atoms with Gasteiger partial charge < -0.3 is 9.88 Å². The lowest BCUT2D eigenvalue weighted by Crippen LogP contribution is -2.37. The molecule has 1 N–H and O–H groups in total. The van der Waals surface area contributed by atoms with Gasteiger partial charge in [0.05, 0.1) is 16.5 Å². The molecule has 3 aromatic heterocycles. The summed E-state index contributed by atoms with van der Waals surface area (Å²) in [4.78, 5) is 45.2. The lowest BCUT2D eigenvalue weighted by Gasteiger charge is -2.06. The first kappa shape index (κ1) is 18.1. The number of aromatic nitrogens is 5. The fourth-order valence-corrected chi connectivity index (χ4v) is 3.97. The molecule has 1 aromatic carbocycles. The quantitative estimate of drug-likeness (QED) is 0.548. The summed E-state index contributed by atoms with van der Waals surface area (Å²) >= 11 is 1.43. The van der Waals surface area contributed by atoms with Gasteiger partial charge in [-0.3, -0.25) is 18.7 Å². The van der Waals surface area contributed by atoms with E-state index in [1.807, 2.05) is 24.3 Å². The maximum Gasteiger partial charge on any atom is 0.332 e. The summed E-state index contributed by atoms with van der Waals surface area (Å²) in [5.41, 5.74) is 0.741. The fraction of sp³-hybridized carbons (Fsp3) is 0.278. The van der Waals surface area contributed by atoms with Crippen molar-refractivity contribution in [2.75, 3.05) is 5.32 Å². The number of benzene rings is 1. The van der Waals surface area contributed by atoms with Crippen molar-refractivity contribution in [2.45, 2.75) is 19.4 Å². The summed E-state index contributed by atoms with van der Waals surface area (Å²) in [7, 11) is 3.01. The first-order valence-electron chi connectivity index (χ1n) is 8.72. The van der Waals surface area contributed by atoms with Crippen LogP contribution in [-0.2, 0) is 25.4 Å². The maximum absolute atomic E-state index is 12.4. The van der Waals surface area contributed by atoms with E-state index in [9.17, 15) is 14.4 Å². The van der Waals surface area contributed by atoms with Gasteiger partial charge in [-0.05, 0) is 18.6 Å². The van der Waals surface area contributed by atoms with Crippen molar-refractivity contribution in [3.8, 4) is 0 Å². The van der Waals surface area contributed by atoms with E-state index in [1.165, 1.54) is 29.3 Å². The molecular formula is C18H18N6O3S. The SMILES string of the molecule is Cn1c(=O)c2c(ncn2CCCC(=O)Nc2nc3ccccc3s2)n(C)c1=O. The number of amides is 1. The van der Waals surface area contributed by atoms with Crippen molar-refractivity contribution in [3.63, 3.8) is 0 Å². The van der Waals surface area contributed by atoms with Gasteiger partial charge in [-0.25, -0.2) is 14.8 Å². The van der Waals surface area contributed by atoms with Crippen LogP contribution in [0.15, 0.2) is 40.2 Å². The van der Waals surface area contributed by atoms with Gasteiger partial charge in [0, 0.05) is 27.1 Å². The van der Waals surface area contributed by atoms with Crippen LogP contribution in [0.5, 0.6) is 0 Å². The zero-order chi connectivity index (χ0) is 19.8. The molecule has 0 unspecified atom stereocenters. The molecule has 144 valence electrons. The lowest BCUT2D eigenvalue weighted by atomic mass is 10.3. The van der Waals surface area contributed by atoms with Crippen molar-refractivity contribution in [3.05, 3.63) is 51.4 Å². The van der Waals surface area contributed by atoms with Gasteiger partial charge in [-0.15, -0.1) is 0 Å². The molecule has 3 heterocycles. The van der Waals surface area contributed by atoms with E-state index >= 15 is 0 Å². The Balaban J connectivity index is 1.44. The van der Waals surface area contributed by atoms with E-state index in [-0.39, 0.29) is 12.3 Å². The Morgan fingerprint density at radius 2 is 1.96 bits per heavy atom. The zero-order valence-corrected chi connectivity index (χ0v) is 16.2. The smallest absolute Gasteiger partial charge is 0.325 e. The number of fused-ring (bicyclic) bond motifs is 2. The van der Waals surface area contributed by atoms with Crippen LogP contribution in [0.4, 0.5) is 5.13 Å². The third-order valence-electron chi connectivity index (χ3n) is 4.56. The van der Waals surface area contributed by atoms with Gasteiger partial charge in [0.15, 0.2) is 16.3 Å². The Hall–Kier alpha value is -3.27. The predicted octanol–water partition coefficient (Wildman–Crippen LogP) is 1.46. The van der Waals surface area contributed by atoms with Crippen LogP contribution >= 0.6 is 11.3 Å². The highest BCUT2D eigenvalue weighted by Crippen LogP contribution is 2.25. The van der Waals surface area contributed by atoms with Crippen LogP contribution in [0.2, 0.25) is 0 Å². The Morgan fingerprint density at radius 3 is 2.75 bits per heavy atom. The minimum Gasteiger partial charge on any atom is -0.325 e. The minimum atomic E-state index is -0.419. The molecule has 0 bridgehead atoms. The molecule has 0 atom stereocenters. The van der Waals surface area contributed by atoms with E-state index in [0.717, 1.165) is 14.8 Å². The van der Waals surface area contributed by atoms with E-state index in [0.29, 0.717) is 29.3 Å². The lowest BCUT2D eigenvalue weighted by molar-refractivity contribution is -0.116. The van der Waals surface area contributed by atoms with Gasteiger partial charge in [-0.1, -0.05) is 23.5 Å². The van der Waals surface area contributed by atoms with Crippen LogP contribution in [0.25, 0.3) is 21.4 Å². The highest BCUT2D eigenvalue weighted by atomic mass is 32.1. The molecule has 0 spiro atoms. The number of nitrogens with zero attached hydrogens (tertiary/aromatic N) is 5. The normalized spacial score (nSPS) is 11.4. The van der Waals surface area contributed by atoms with Gasteiger partial charge in [0.2, 0.25) is 5.91 Å². The summed E-state index contributed by atoms with van der Waals surface area (Å²) in [6.45, 7) is 0.442. The van der Waals surface area contributed by atoms with Crippen molar-refractivity contribution < 1.29 is 4.79 Å². The minimum absolute atomic E-state index is 0.135. The molecule has 9 nitrogen and oxygen atoms in total. The van der Waals surface area contributed by atoms with Crippen molar-refractivity contribution in [1.29, 1.82) is 0 Å². The first-order chi connectivity index (χ1) is 13.5. The third kappa shape index (κ3) is 3.11. The number of para-hydroxylation sites is 1. The average Bonchev–Trinajstić information content (AvgIpc) is 3.28. The molecule has 0 fully saturated rings. The molecule has 0 saturated heterocycles. The number of carbonyl (C=O) groups excluding carboxylic acids is 1. The second-order valence-electron chi connectivity index (χ2n) is 6.45. The summed E-state index contributed by atoms with van der Waals surface area (Å²) in [5.74, 6) is -0.135. The number of hydrogen-bond donors (Lipinski definition) is 1. The second kappa shape index (κ2) is 7.04. The van der Waals surface area contributed by atoms with Crippen LogP contribution < -0.4 is 16.6 Å². The summed E-state index contributed by atoms with van der Waals surface area (Å²) in [6.07, 6.45) is 2.33. The topological polar surface area (TPSA) is 104 Å². The number of hydrogen-bond acceptors (Lipinski definition) is 6. The number of anilines is 1. The Labute approximate surface area is 162 Å². The fourth-order valence-electron chi connectivity index (χ4n) is 3.08. The van der Waals surface area contributed by atoms with Gasteiger partial charge >= 0.3 is 5.69 Å². The molecule has 0 aliphatic rings. The number of rotatable bonds is 5. The number of thiazole rings is 1. The third-order valence-corrected chi connectivity index (χ3v) is 5.51. The molecular weight excluding hydrogens is 380 g/mol. The zero-order valence-electron chi connectivity index (χ0n) is 15.4. The molecule has 1 amide bonds. The van der Waals surface area contributed by atoms with Gasteiger partial charge in [-0.2, -0.15) is 0 Å². The van der Waals surface area contributed by atoms with Crippen LogP contribution in [0.3, 0.4) is 0 Å². The van der Waals surface area contributed by atoms with E-state index in [1.54, 1.807) is 11.6 Å². The van der Waals surface area contributed by atoms with Crippen molar-refractivity contribution in [1.82, 2.24) is 23.7 Å². The highest BCUT2D eigenvalue weighted by Gasteiger charge is 2.14. The molecule has 28 heavy (non-hydrogen) atoms. The summed E-state index contributed by atoms with van der Waals surface area (Å²) in [6, 6.07) is 7.70. The Kier molecular flexibility index (Phi) is 4.55. The van der Waals surface area contributed by atoms with Crippen LogP contribution in [0, 0.1) is 0 Å². The standard InChI is InChI=1S/C18H18N6O3S/c1-22-15-14(16(26)23(2)18(22)27)24(10-19-15)9-5-8-13(25)21-17-20-11-6-3-4-7-12(11)28-17/h3-4,6-7,10H,5,8-9H2,1-2H3,(H,20,21,25). The number of aryl methyl sites for hydroxylation is 2. The molecule has 0 saturated carbocycles. The molecule has 0 aliphatic carbocycles.